The molecule has 85 heavy (non-hydrogen) atoms. The Morgan fingerprint density at radius 1 is 0.741 bits per heavy atom. The molecule has 2 saturated heterocycles. The smallest absolute Gasteiger partial charge is 0.407 e. The largest absolute Gasteiger partial charge is 0.459 e. The minimum atomic E-state index is -2.47. The molecule has 2 amide bonds. The highest BCUT2D eigenvalue weighted by atomic mass is 16.6. The number of nitrogens with one attached hydrogen (secondary N) is 1. The Kier molecular flexibility index (Phi) is 33.8. The molecule has 486 valence electrons. The number of esters is 1. The Hall–Kier alpha value is -4.01. The number of aliphatic hydroxyl groups excluding tert-OH is 2. The fourth-order valence-electron chi connectivity index (χ4n) is 11.7. The fraction of sp³-hybridized carbons (Fsp3) is 0.794. The number of alkyl carbamates (subject to hydrolysis) is 1. The van der Waals surface area contributed by atoms with Crippen molar-refractivity contribution in [2.24, 2.45) is 35.3 Å². The minimum Gasteiger partial charge on any atom is -0.459 e. The number of fused-ring (bicyclic) bond motifs is 3. The van der Waals surface area contributed by atoms with Crippen LogP contribution in [0.3, 0.4) is 0 Å². The molecule has 3 fully saturated rings. The summed E-state index contributed by atoms with van der Waals surface area (Å²) in [6, 6.07) is -1.99. The lowest BCUT2D eigenvalue weighted by Crippen LogP contribution is -2.61. The quantitative estimate of drug-likeness (QED) is 0.0365. The highest BCUT2D eigenvalue weighted by molar-refractivity contribution is 6.39. The minimum absolute atomic E-state index is 0.0441. The molecular weight excluding hydrogens is 1100 g/mol. The number of carbonyl (C=O) groups excluding carboxylic acids is 5. The van der Waals surface area contributed by atoms with Crippen LogP contribution >= 0.6 is 0 Å². The highest BCUT2D eigenvalue weighted by Crippen LogP contribution is 2.38. The van der Waals surface area contributed by atoms with Gasteiger partial charge in [-0.05, 0) is 108 Å². The maximum Gasteiger partial charge on any atom is 0.407 e. The molecule has 4 aliphatic rings. The SMILES string of the molecule is CCOCCOCCOCCOCCOCCNC(=O)O[C@@H]1CC[C@@H](C[C@@H](N)[C@@H]2C[C@@H](OC)[C@H](C)/C=C(\C)[C@@H](O)[C@@H](O)C(=O)[C@H](C)C[C@H](C)/C=C/C=C/C=C(\C)[C@@H](OC)C[C@@H]3CC[C@@H](C)[C@@](O)(O3)C(=O)C(=O)N3CCCC[C@H]3C(=O)O2)C[C@H]1OC. The van der Waals surface area contributed by atoms with Crippen LogP contribution in [-0.4, -0.2) is 217 Å². The first-order valence-corrected chi connectivity index (χ1v) is 30.9. The van der Waals surface area contributed by atoms with Crippen LogP contribution in [0.25, 0.3) is 0 Å². The Bertz CT molecular complexity index is 2140. The Labute approximate surface area is 505 Å². The van der Waals surface area contributed by atoms with Gasteiger partial charge in [0.15, 0.2) is 5.78 Å². The van der Waals surface area contributed by atoms with Crippen LogP contribution in [0.4, 0.5) is 4.79 Å². The molecule has 1 aliphatic carbocycles. The van der Waals surface area contributed by atoms with Gasteiger partial charge in [-0.1, -0.05) is 64.2 Å². The van der Waals surface area contributed by atoms with E-state index in [0.29, 0.717) is 123 Å². The number of hydrogen-bond donors (Lipinski definition) is 5. The number of methoxy groups -OCH3 is 3. The van der Waals surface area contributed by atoms with Crippen molar-refractivity contribution < 1.29 is 91.4 Å². The zero-order valence-corrected chi connectivity index (χ0v) is 52.5. The Morgan fingerprint density at radius 3 is 2.02 bits per heavy atom. The monoisotopic (exact) mass is 1210 g/mol. The summed E-state index contributed by atoms with van der Waals surface area (Å²) in [6.45, 7) is 17.4. The highest BCUT2D eigenvalue weighted by Gasteiger charge is 2.53. The van der Waals surface area contributed by atoms with E-state index in [1.165, 1.54) is 12.0 Å². The molecule has 0 aromatic carbocycles. The van der Waals surface area contributed by atoms with Gasteiger partial charge in [0.2, 0.25) is 5.79 Å². The fourth-order valence-corrected chi connectivity index (χ4v) is 11.7. The van der Waals surface area contributed by atoms with Crippen LogP contribution in [-0.2, 0) is 71.3 Å². The number of amides is 2. The van der Waals surface area contributed by atoms with E-state index in [4.69, 9.17) is 57.8 Å². The van der Waals surface area contributed by atoms with Gasteiger partial charge in [0, 0.05) is 77.7 Å². The molecular formula is C63H105N3O19. The van der Waals surface area contributed by atoms with Crippen molar-refractivity contribution in [1.82, 2.24) is 10.2 Å². The average Bonchev–Trinajstić information content (AvgIpc) is 2.90. The van der Waals surface area contributed by atoms with Gasteiger partial charge in [0.25, 0.3) is 11.7 Å². The van der Waals surface area contributed by atoms with Crippen molar-refractivity contribution in [3.8, 4) is 0 Å². The van der Waals surface area contributed by atoms with Gasteiger partial charge in [-0.25, -0.2) is 9.59 Å². The molecule has 22 nitrogen and oxygen atoms in total. The van der Waals surface area contributed by atoms with Gasteiger partial charge >= 0.3 is 12.1 Å². The molecule has 0 aromatic heterocycles. The van der Waals surface area contributed by atoms with Crippen molar-refractivity contribution in [2.75, 3.05) is 100 Å². The maximum absolute atomic E-state index is 14.7. The van der Waals surface area contributed by atoms with Gasteiger partial charge in [0.1, 0.15) is 30.5 Å². The summed E-state index contributed by atoms with van der Waals surface area (Å²) in [6.07, 6.45) is 8.27. The standard InChI is InChI=1S/C63H105N3O19/c1-11-78-27-28-80-31-32-82-34-33-81-30-29-79-26-24-65-62(73)84-51-23-21-47(38-55(51)77-10)37-49(64)54-40-53(76-9)43(4)36-45(6)57(68)58(69)56(67)44(5)35-41(2)17-13-12-14-18-42(3)52(75-8)39-48-22-20-46(7)63(74,85-48)59(70)60(71)66-25-16-15-19-50(66)61(72)83-54/h12-14,17-18,36,41,43-44,46-55,57-58,68-69,74H,11,15-16,19-35,37-40,64H2,1-10H3,(H,65,73)/b14-12+,17-13+,42-18+,45-36+/t41-,43-,44-,46-,47+,48+,49-,50+,51-,52+,53-,54+,55-,57-,58+,63-/m1/s1. The van der Waals surface area contributed by atoms with E-state index in [-0.39, 0.29) is 50.8 Å². The number of allylic oxidation sites excluding steroid dienone is 5. The molecule has 0 unspecified atom stereocenters. The van der Waals surface area contributed by atoms with Crippen molar-refractivity contribution >= 4 is 29.5 Å². The topological polar surface area (TPSA) is 289 Å². The summed E-state index contributed by atoms with van der Waals surface area (Å²) in [7, 11) is 4.61. The average molecular weight is 1210 g/mol. The summed E-state index contributed by atoms with van der Waals surface area (Å²) >= 11 is 0. The Morgan fingerprint density at radius 2 is 1.39 bits per heavy atom. The van der Waals surface area contributed by atoms with E-state index in [0.717, 1.165) is 5.57 Å². The number of ether oxygens (including phenoxy) is 11. The van der Waals surface area contributed by atoms with Crippen molar-refractivity contribution in [3.05, 3.63) is 47.6 Å². The van der Waals surface area contributed by atoms with E-state index >= 15 is 0 Å². The van der Waals surface area contributed by atoms with Gasteiger partial charge < -0.3 is 83.4 Å². The van der Waals surface area contributed by atoms with Crippen molar-refractivity contribution in [2.45, 2.75) is 192 Å². The van der Waals surface area contributed by atoms with Crippen LogP contribution < -0.4 is 11.1 Å². The van der Waals surface area contributed by atoms with Crippen LogP contribution in [0.2, 0.25) is 0 Å². The lowest BCUT2D eigenvalue weighted by molar-refractivity contribution is -0.265. The van der Waals surface area contributed by atoms with E-state index in [1.807, 2.05) is 58.1 Å². The molecule has 4 rings (SSSR count). The molecule has 6 N–H and O–H groups in total. The van der Waals surface area contributed by atoms with E-state index < -0.39 is 114 Å². The number of carbonyl (C=O) groups is 5. The van der Waals surface area contributed by atoms with E-state index in [9.17, 15) is 39.3 Å². The normalized spacial score (nSPS) is 34.4. The number of Topliss-reactive ketones (excluding diaryl/α,β-unsaturated/α-hetero) is 2. The van der Waals surface area contributed by atoms with Crippen molar-refractivity contribution in [1.29, 1.82) is 0 Å². The second kappa shape index (κ2) is 39.1. The second-order valence-electron chi connectivity index (χ2n) is 23.4. The number of piperidine rings is 1. The molecule has 2 bridgehead atoms. The zero-order chi connectivity index (χ0) is 62.5. The van der Waals surface area contributed by atoms with Crippen LogP contribution in [0.15, 0.2) is 47.6 Å². The summed E-state index contributed by atoms with van der Waals surface area (Å²) in [4.78, 5) is 71.3. The molecule has 0 radical (unpaired) electrons. The first-order chi connectivity index (χ1) is 40.7. The van der Waals surface area contributed by atoms with Crippen LogP contribution in [0.1, 0.15) is 126 Å². The third kappa shape index (κ3) is 24.1. The number of nitrogens with zero attached hydrogens (tertiary/aromatic N) is 1. The summed E-state index contributed by atoms with van der Waals surface area (Å²) in [5, 5.41) is 37.4. The van der Waals surface area contributed by atoms with Crippen LogP contribution in [0, 0.1) is 29.6 Å². The number of nitrogens with two attached hydrogens (primary N) is 1. The summed E-state index contributed by atoms with van der Waals surface area (Å²) in [5.41, 5.74) is 8.31. The van der Waals surface area contributed by atoms with Gasteiger partial charge in [-0.3, -0.25) is 14.4 Å². The Balaban J connectivity index is 1.49. The zero-order valence-electron chi connectivity index (χ0n) is 52.5. The van der Waals surface area contributed by atoms with Crippen LogP contribution in [0.5, 0.6) is 0 Å². The number of rotatable bonds is 23. The van der Waals surface area contributed by atoms with Gasteiger partial charge in [-0.2, -0.15) is 0 Å². The third-order valence-electron chi connectivity index (χ3n) is 16.9. The molecule has 1 saturated carbocycles. The molecule has 3 heterocycles. The second-order valence-corrected chi connectivity index (χ2v) is 23.4. The molecule has 16 atom stereocenters. The van der Waals surface area contributed by atoms with E-state index in [2.05, 4.69) is 5.32 Å². The number of ketones is 2. The predicted molar refractivity (Wildman–Crippen MR) is 317 cm³/mol. The molecule has 3 aliphatic heterocycles. The lowest BCUT2D eigenvalue weighted by atomic mass is 9.80. The number of hydrogen-bond acceptors (Lipinski definition) is 20. The summed E-state index contributed by atoms with van der Waals surface area (Å²) in [5.74, 6) is -7.85. The molecule has 0 aromatic rings. The van der Waals surface area contributed by atoms with Gasteiger partial charge in [0.05, 0.1) is 83.9 Å². The lowest BCUT2D eigenvalue weighted by Gasteiger charge is -2.43. The number of cyclic esters (lactones) is 1. The van der Waals surface area contributed by atoms with E-state index in [1.54, 1.807) is 41.1 Å². The molecule has 22 heteroatoms. The maximum atomic E-state index is 14.7. The van der Waals surface area contributed by atoms with Gasteiger partial charge in [-0.15, -0.1) is 0 Å². The predicted octanol–water partition coefficient (Wildman–Crippen LogP) is 5.50. The van der Waals surface area contributed by atoms with Crippen molar-refractivity contribution in [3.63, 3.8) is 0 Å². The number of aliphatic hydroxyl groups is 3. The first-order valence-electron chi connectivity index (χ1n) is 30.9. The third-order valence-corrected chi connectivity index (χ3v) is 16.9. The first kappa shape index (κ1) is 73.5. The summed E-state index contributed by atoms with van der Waals surface area (Å²) < 4.78 is 63.5. The molecule has 0 spiro atoms.